The number of rotatable bonds is 5. The molecule has 0 saturated heterocycles. The Hall–Kier alpha value is -1.02. The Morgan fingerprint density at radius 1 is 1.15 bits per heavy atom. The maximum atomic E-state index is 8.50. The second-order valence-corrected chi connectivity index (χ2v) is 4.71. The Morgan fingerprint density at radius 3 is 2.50 bits per heavy atom. The van der Waals surface area contributed by atoms with Gasteiger partial charge < -0.3 is 4.74 Å². The molecule has 0 aromatic heterocycles. The van der Waals surface area contributed by atoms with E-state index in [4.69, 9.17) is 21.6 Å². The highest BCUT2D eigenvalue weighted by molar-refractivity contribution is 6.32. The van der Waals surface area contributed by atoms with E-state index in [0.717, 1.165) is 11.3 Å². The van der Waals surface area contributed by atoms with Crippen LogP contribution >= 0.6 is 11.6 Å². The van der Waals surface area contributed by atoms with Crippen molar-refractivity contribution in [2.75, 3.05) is 6.61 Å². The molecule has 2 aromatic carbocycles. The van der Waals surface area contributed by atoms with Crippen LogP contribution < -0.4 is 4.74 Å². The van der Waals surface area contributed by atoms with Crippen molar-refractivity contribution in [1.29, 1.82) is 0 Å². The van der Waals surface area contributed by atoms with Gasteiger partial charge in [-0.25, -0.2) is 4.89 Å². The third-order valence-electron chi connectivity index (χ3n) is 2.82. The minimum absolute atomic E-state index is 0. The van der Waals surface area contributed by atoms with Gasteiger partial charge in [-0.15, -0.1) is 0 Å². The minimum atomic E-state index is 0. The Labute approximate surface area is 134 Å². The first-order valence-corrected chi connectivity index (χ1v) is 6.37. The van der Waals surface area contributed by atoms with Gasteiger partial charge in [-0.3, -0.25) is 5.26 Å². The summed E-state index contributed by atoms with van der Waals surface area (Å²) < 4.78 is 5.74. The SMILES string of the molecule is CC(COO)c1ccc(Cl)c(Oc2ccccc2)c1.[AlH3]. The van der Waals surface area contributed by atoms with E-state index >= 15 is 0 Å². The molecule has 106 valence electrons. The van der Waals surface area contributed by atoms with Gasteiger partial charge in [0.15, 0.2) is 17.4 Å². The molecule has 0 bridgehead atoms. The molecule has 0 aliphatic carbocycles. The summed E-state index contributed by atoms with van der Waals surface area (Å²) >= 11 is 6.12. The standard InChI is InChI=1S/C15H15ClO3.Al.3H/c1-11(10-18-17)12-7-8-14(16)15(9-12)19-13-5-3-2-4-6-13;;;;/h2-9,11,17H,10H2,1H3;;;;. The summed E-state index contributed by atoms with van der Waals surface area (Å²) in [7, 11) is 0. The maximum Gasteiger partial charge on any atom is 0.187 e. The van der Waals surface area contributed by atoms with Crippen molar-refractivity contribution in [3.8, 4) is 11.5 Å². The fourth-order valence-electron chi connectivity index (χ4n) is 1.73. The number of hydrogen-bond acceptors (Lipinski definition) is 3. The van der Waals surface area contributed by atoms with Crippen LogP contribution in [0.5, 0.6) is 11.5 Å². The molecule has 0 aliphatic heterocycles. The van der Waals surface area contributed by atoms with E-state index in [-0.39, 0.29) is 29.9 Å². The summed E-state index contributed by atoms with van der Waals surface area (Å²) in [5.41, 5.74) is 0.990. The molecule has 0 spiro atoms. The molecule has 1 unspecified atom stereocenters. The van der Waals surface area contributed by atoms with E-state index < -0.39 is 0 Å². The summed E-state index contributed by atoms with van der Waals surface area (Å²) in [5.74, 6) is 1.38. The summed E-state index contributed by atoms with van der Waals surface area (Å²) in [6.45, 7) is 2.18. The van der Waals surface area contributed by atoms with Crippen LogP contribution in [0, 0.1) is 0 Å². The summed E-state index contributed by atoms with van der Waals surface area (Å²) in [6.07, 6.45) is 0. The molecule has 2 rings (SSSR count). The molecule has 3 nitrogen and oxygen atoms in total. The maximum absolute atomic E-state index is 8.50. The summed E-state index contributed by atoms with van der Waals surface area (Å²) in [5, 5.41) is 9.05. The lowest BCUT2D eigenvalue weighted by molar-refractivity contribution is -0.245. The number of hydrogen-bond donors (Lipinski definition) is 1. The first-order chi connectivity index (χ1) is 9.20. The lowest BCUT2D eigenvalue weighted by Crippen LogP contribution is -2.02. The van der Waals surface area contributed by atoms with E-state index in [1.807, 2.05) is 49.4 Å². The van der Waals surface area contributed by atoms with Crippen molar-refractivity contribution in [3.63, 3.8) is 0 Å². The van der Waals surface area contributed by atoms with E-state index in [9.17, 15) is 0 Å². The zero-order valence-corrected chi connectivity index (χ0v) is 11.3. The predicted octanol–water partition coefficient (Wildman–Crippen LogP) is 3.54. The van der Waals surface area contributed by atoms with Gasteiger partial charge in [0.1, 0.15) is 11.5 Å². The van der Waals surface area contributed by atoms with E-state index in [0.29, 0.717) is 10.8 Å². The van der Waals surface area contributed by atoms with Gasteiger partial charge in [0.25, 0.3) is 0 Å². The quantitative estimate of drug-likeness (QED) is 0.521. The summed E-state index contributed by atoms with van der Waals surface area (Å²) in [4.78, 5) is 4.17. The third-order valence-corrected chi connectivity index (χ3v) is 3.13. The van der Waals surface area contributed by atoms with Crippen LogP contribution in [0.15, 0.2) is 48.5 Å². The zero-order chi connectivity index (χ0) is 13.7. The minimum Gasteiger partial charge on any atom is -0.456 e. The molecular weight excluding hydrogens is 291 g/mol. The van der Waals surface area contributed by atoms with Crippen molar-refractivity contribution >= 4 is 29.0 Å². The molecule has 0 aliphatic rings. The van der Waals surface area contributed by atoms with Crippen molar-refractivity contribution < 1.29 is 14.9 Å². The highest BCUT2D eigenvalue weighted by Crippen LogP contribution is 2.32. The van der Waals surface area contributed by atoms with Gasteiger partial charge >= 0.3 is 0 Å². The molecule has 0 amide bonds. The topological polar surface area (TPSA) is 38.7 Å². The largest absolute Gasteiger partial charge is 0.456 e. The van der Waals surface area contributed by atoms with Crippen molar-refractivity contribution in [2.45, 2.75) is 12.8 Å². The normalized spacial score (nSPS) is 11.6. The molecule has 1 atom stereocenters. The monoisotopic (exact) mass is 308 g/mol. The van der Waals surface area contributed by atoms with E-state index in [1.165, 1.54) is 0 Å². The Balaban J connectivity index is 0.00000200. The van der Waals surface area contributed by atoms with Crippen molar-refractivity contribution in [3.05, 3.63) is 59.1 Å². The molecule has 0 heterocycles. The molecule has 20 heavy (non-hydrogen) atoms. The second-order valence-electron chi connectivity index (χ2n) is 4.30. The average molecular weight is 309 g/mol. The molecule has 0 radical (unpaired) electrons. The molecule has 1 N–H and O–H groups in total. The second kappa shape index (κ2) is 8.31. The van der Waals surface area contributed by atoms with Gasteiger partial charge in [0.2, 0.25) is 0 Å². The summed E-state index contributed by atoms with van der Waals surface area (Å²) in [6, 6.07) is 15.0. The van der Waals surface area contributed by atoms with Crippen LogP contribution in [0.4, 0.5) is 0 Å². The molecule has 0 fully saturated rings. The zero-order valence-electron chi connectivity index (χ0n) is 10.5. The first kappa shape index (κ1) is 17.0. The van der Waals surface area contributed by atoms with Gasteiger partial charge in [-0.1, -0.05) is 42.8 Å². The highest BCUT2D eigenvalue weighted by Gasteiger charge is 2.10. The third kappa shape index (κ3) is 4.52. The number of benzene rings is 2. The van der Waals surface area contributed by atoms with E-state index in [1.54, 1.807) is 6.07 Å². The Kier molecular flexibility index (Phi) is 7.08. The average Bonchev–Trinajstić information content (AvgIpc) is 2.42. The number of halogens is 1. The van der Waals surface area contributed by atoms with Gasteiger partial charge in [0, 0.05) is 5.92 Å². The van der Waals surface area contributed by atoms with Crippen molar-refractivity contribution in [1.82, 2.24) is 0 Å². The van der Waals surface area contributed by atoms with Crippen LogP contribution in [-0.4, -0.2) is 29.2 Å². The molecular formula is C15H18AlClO3. The molecule has 0 saturated carbocycles. The fourth-order valence-corrected chi connectivity index (χ4v) is 1.88. The van der Waals surface area contributed by atoms with Gasteiger partial charge in [0.05, 0.1) is 11.6 Å². The van der Waals surface area contributed by atoms with Crippen LogP contribution in [-0.2, 0) is 4.89 Å². The predicted molar refractivity (Wildman–Crippen MR) is 84.9 cm³/mol. The van der Waals surface area contributed by atoms with Crippen LogP contribution in [0.1, 0.15) is 18.4 Å². The van der Waals surface area contributed by atoms with E-state index in [2.05, 4.69) is 4.89 Å². The number of para-hydroxylation sites is 1. The lowest BCUT2D eigenvalue weighted by Gasteiger charge is -2.13. The highest BCUT2D eigenvalue weighted by atomic mass is 35.5. The van der Waals surface area contributed by atoms with Gasteiger partial charge in [-0.2, -0.15) is 0 Å². The Bertz CT molecular complexity index is 534. The Morgan fingerprint density at radius 2 is 1.85 bits per heavy atom. The lowest BCUT2D eigenvalue weighted by atomic mass is 10.0. The van der Waals surface area contributed by atoms with Crippen LogP contribution in [0.3, 0.4) is 0 Å². The van der Waals surface area contributed by atoms with Crippen LogP contribution in [0.2, 0.25) is 5.02 Å². The first-order valence-electron chi connectivity index (χ1n) is 5.99. The van der Waals surface area contributed by atoms with Gasteiger partial charge in [-0.05, 0) is 29.8 Å². The van der Waals surface area contributed by atoms with Crippen LogP contribution in [0.25, 0.3) is 0 Å². The smallest absolute Gasteiger partial charge is 0.187 e. The van der Waals surface area contributed by atoms with Crippen molar-refractivity contribution in [2.24, 2.45) is 0 Å². The fraction of sp³-hybridized carbons (Fsp3) is 0.200. The molecule has 5 heteroatoms. The number of ether oxygens (including phenoxy) is 1. The molecule has 2 aromatic rings.